The van der Waals surface area contributed by atoms with E-state index in [1.165, 1.54) is 13.3 Å². The maximum Gasteiger partial charge on any atom is 0.274 e. The van der Waals surface area contributed by atoms with E-state index in [-0.39, 0.29) is 29.3 Å². The number of pyridine rings is 3. The topological polar surface area (TPSA) is 160 Å². The van der Waals surface area contributed by atoms with E-state index >= 15 is 0 Å². The fourth-order valence-electron chi connectivity index (χ4n) is 5.20. The van der Waals surface area contributed by atoms with Crippen LogP contribution in [0.25, 0.3) is 22.5 Å². The highest BCUT2D eigenvalue weighted by Crippen LogP contribution is 2.40. The summed E-state index contributed by atoms with van der Waals surface area (Å²) in [6.45, 7) is 1.92. The molecule has 1 aliphatic rings. The molecular formula is C33H35Cl2N7O5. The molecule has 0 bridgehead atoms. The standard InChI is InChI=1S/C33H35Cl2N7O5/c1-46-27-18-39-26(14-20(27)16-36-12-13-43)32(45)41-25-5-3-4-23(29(25)34)31-30(35)22(10-11-38-31)24-8-6-19(33(42-24)47-2)15-37-17-21-7-9-28(44)40-21/h3-6,8,10-11,14,18,21,36-37,43H,7,9,12-13,15-17H2,1-2H3,(H,40,44)(H,41,45)/t21-/m0/s1. The zero-order valence-corrected chi connectivity index (χ0v) is 27.4. The second-order valence-electron chi connectivity index (χ2n) is 10.7. The first kappa shape index (κ1) is 34.0. The van der Waals surface area contributed by atoms with E-state index in [9.17, 15) is 9.59 Å². The number of carbonyl (C=O) groups is 2. The molecule has 14 heteroatoms. The molecule has 4 aromatic rings. The predicted octanol–water partition coefficient (Wildman–Crippen LogP) is 4.23. The van der Waals surface area contributed by atoms with E-state index in [1.807, 2.05) is 12.1 Å². The van der Waals surface area contributed by atoms with Crippen LogP contribution in [0.5, 0.6) is 11.6 Å². The van der Waals surface area contributed by atoms with Gasteiger partial charge in [0.1, 0.15) is 11.4 Å². The third kappa shape index (κ3) is 8.16. The summed E-state index contributed by atoms with van der Waals surface area (Å²) in [6.07, 6.45) is 4.46. The Kier molecular flexibility index (Phi) is 11.6. The van der Waals surface area contributed by atoms with Gasteiger partial charge in [-0.25, -0.2) is 9.97 Å². The van der Waals surface area contributed by atoms with Gasteiger partial charge in [-0.05, 0) is 30.7 Å². The Morgan fingerprint density at radius 2 is 1.85 bits per heavy atom. The number of hydrogen-bond donors (Lipinski definition) is 5. The van der Waals surface area contributed by atoms with Crippen molar-refractivity contribution in [3.05, 3.63) is 81.7 Å². The number of benzene rings is 1. The maximum atomic E-state index is 13.2. The molecule has 0 unspecified atom stereocenters. The molecule has 1 fully saturated rings. The largest absolute Gasteiger partial charge is 0.495 e. The van der Waals surface area contributed by atoms with E-state index in [0.717, 1.165) is 12.0 Å². The molecule has 12 nitrogen and oxygen atoms in total. The number of nitrogens with one attached hydrogen (secondary N) is 4. The quantitative estimate of drug-likeness (QED) is 0.122. The van der Waals surface area contributed by atoms with Gasteiger partial charge in [0.05, 0.1) is 54.1 Å². The number of rotatable bonds is 14. The maximum absolute atomic E-state index is 13.2. The highest BCUT2D eigenvalue weighted by Gasteiger charge is 2.21. The molecule has 0 spiro atoms. The number of hydrogen-bond acceptors (Lipinski definition) is 10. The minimum Gasteiger partial charge on any atom is -0.495 e. The lowest BCUT2D eigenvalue weighted by molar-refractivity contribution is -0.119. The molecule has 1 saturated heterocycles. The molecule has 0 saturated carbocycles. The third-order valence-corrected chi connectivity index (χ3v) is 8.39. The third-order valence-electron chi connectivity index (χ3n) is 7.60. The summed E-state index contributed by atoms with van der Waals surface area (Å²) in [7, 11) is 3.08. The summed E-state index contributed by atoms with van der Waals surface area (Å²) in [5.74, 6) is 0.571. The molecule has 3 aromatic heterocycles. The van der Waals surface area contributed by atoms with Crippen molar-refractivity contribution in [3.8, 4) is 34.1 Å². The van der Waals surface area contributed by atoms with Gasteiger partial charge < -0.3 is 35.8 Å². The van der Waals surface area contributed by atoms with Crippen LogP contribution in [0.2, 0.25) is 10.0 Å². The van der Waals surface area contributed by atoms with Gasteiger partial charge in [-0.2, -0.15) is 0 Å². The fraction of sp³-hybridized carbons (Fsp3) is 0.303. The lowest BCUT2D eigenvalue weighted by atomic mass is 10.1. The second-order valence-corrected chi connectivity index (χ2v) is 11.5. The van der Waals surface area contributed by atoms with Crippen LogP contribution in [0.4, 0.5) is 5.69 Å². The molecule has 1 aliphatic heterocycles. The number of aliphatic hydroxyl groups is 1. The van der Waals surface area contributed by atoms with Gasteiger partial charge in [0.2, 0.25) is 11.8 Å². The SMILES string of the molecule is COc1cnc(C(=O)Nc2cccc(-c3nccc(-c4ccc(CNC[C@@H]5CCC(=O)N5)c(OC)n4)c3Cl)c2Cl)cc1CNCCO. The molecule has 4 heterocycles. The van der Waals surface area contributed by atoms with E-state index < -0.39 is 5.91 Å². The Labute approximate surface area is 282 Å². The number of amides is 2. The molecule has 2 amide bonds. The van der Waals surface area contributed by atoms with Crippen molar-refractivity contribution >= 4 is 40.7 Å². The van der Waals surface area contributed by atoms with Crippen molar-refractivity contribution in [1.29, 1.82) is 0 Å². The average Bonchev–Trinajstić information content (AvgIpc) is 3.50. The molecule has 5 rings (SSSR count). The van der Waals surface area contributed by atoms with Gasteiger partial charge in [-0.3, -0.25) is 14.6 Å². The minimum absolute atomic E-state index is 0.0177. The van der Waals surface area contributed by atoms with Crippen LogP contribution in [0.15, 0.2) is 54.9 Å². The summed E-state index contributed by atoms with van der Waals surface area (Å²) >= 11 is 13.8. The van der Waals surface area contributed by atoms with Gasteiger partial charge in [0, 0.05) is 67.1 Å². The Morgan fingerprint density at radius 1 is 1.02 bits per heavy atom. The normalized spacial score (nSPS) is 14.1. The lowest BCUT2D eigenvalue weighted by Gasteiger charge is -2.15. The van der Waals surface area contributed by atoms with Crippen LogP contribution in [0.1, 0.15) is 34.5 Å². The summed E-state index contributed by atoms with van der Waals surface area (Å²) in [6, 6.07) is 12.5. The number of aliphatic hydroxyl groups excluding tert-OH is 1. The van der Waals surface area contributed by atoms with Gasteiger partial charge in [-0.15, -0.1) is 0 Å². The van der Waals surface area contributed by atoms with Crippen molar-refractivity contribution in [2.75, 3.05) is 39.2 Å². The molecule has 5 N–H and O–H groups in total. The first-order chi connectivity index (χ1) is 22.8. The molecule has 0 radical (unpaired) electrons. The van der Waals surface area contributed by atoms with Crippen molar-refractivity contribution in [3.63, 3.8) is 0 Å². The highest BCUT2D eigenvalue weighted by atomic mass is 35.5. The number of aromatic nitrogens is 3. The van der Waals surface area contributed by atoms with Crippen molar-refractivity contribution in [2.45, 2.75) is 32.0 Å². The Balaban J connectivity index is 1.35. The molecular weight excluding hydrogens is 645 g/mol. The van der Waals surface area contributed by atoms with Crippen LogP contribution in [0, 0.1) is 0 Å². The summed E-state index contributed by atoms with van der Waals surface area (Å²) in [5, 5.41) is 21.9. The van der Waals surface area contributed by atoms with Gasteiger partial charge in [0.25, 0.3) is 5.91 Å². The Bertz CT molecular complexity index is 1760. The van der Waals surface area contributed by atoms with Gasteiger partial charge >= 0.3 is 0 Å². The van der Waals surface area contributed by atoms with E-state index in [4.69, 9.17) is 42.8 Å². The predicted molar refractivity (Wildman–Crippen MR) is 180 cm³/mol. The first-order valence-corrected chi connectivity index (χ1v) is 15.7. The molecule has 1 aromatic carbocycles. The monoisotopic (exact) mass is 679 g/mol. The number of carbonyl (C=O) groups excluding carboxylic acids is 2. The smallest absolute Gasteiger partial charge is 0.274 e. The Hall–Kier alpha value is -4.33. The van der Waals surface area contributed by atoms with Crippen LogP contribution < -0.4 is 30.7 Å². The molecule has 0 aliphatic carbocycles. The minimum atomic E-state index is -0.471. The summed E-state index contributed by atoms with van der Waals surface area (Å²) < 4.78 is 10.9. The number of halogens is 2. The van der Waals surface area contributed by atoms with Crippen LogP contribution >= 0.6 is 23.2 Å². The Morgan fingerprint density at radius 3 is 2.60 bits per heavy atom. The fourth-order valence-corrected chi connectivity index (χ4v) is 5.78. The van der Waals surface area contributed by atoms with Gasteiger partial charge in [0.15, 0.2) is 0 Å². The average molecular weight is 681 g/mol. The van der Waals surface area contributed by atoms with Crippen molar-refractivity contribution < 1.29 is 24.2 Å². The molecule has 246 valence electrons. The zero-order chi connectivity index (χ0) is 33.3. The number of anilines is 1. The van der Waals surface area contributed by atoms with Crippen LogP contribution in [-0.2, 0) is 17.9 Å². The summed E-state index contributed by atoms with van der Waals surface area (Å²) in [4.78, 5) is 38.1. The van der Waals surface area contributed by atoms with E-state index in [0.29, 0.717) is 83.0 Å². The highest BCUT2D eigenvalue weighted by molar-refractivity contribution is 6.39. The van der Waals surface area contributed by atoms with Crippen LogP contribution in [0.3, 0.4) is 0 Å². The number of methoxy groups -OCH3 is 2. The van der Waals surface area contributed by atoms with Crippen LogP contribution in [-0.4, -0.2) is 71.8 Å². The second kappa shape index (κ2) is 16.0. The first-order valence-electron chi connectivity index (χ1n) is 15.0. The lowest BCUT2D eigenvalue weighted by Crippen LogP contribution is -2.35. The van der Waals surface area contributed by atoms with Gasteiger partial charge in [-0.1, -0.05) is 41.4 Å². The van der Waals surface area contributed by atoms with E-state index in [2.05, 4.69) is 31.2 Å². The number of nitrogens with zero attached hydrogens (tertiary/aromatic N) is 3. The van der Waals surface area contributed by atoms with E-state index in [1.54, 1.807) is 43.6 Å². The van der Waals surface area contributed by atoms with Crippen molar-refractivity contribution in [1.82, 2.24) is 30.9 Å². The number of ether oxygens (including phenoxy) is 2. The molecule has 47 heavy (non-hydrogen) atoms. The zero-order valence-electron chi connectivity index (χ0n) is 25.9. The summed E-state index contributed by atoms with van der Waals surface area (Å²) in [5.41, 5.74) is 4.21. The molecule has 1 atom stereocenters. The van der Waals surface area contributed by atoms with Crippen molar-refractivity contribution in [2.24, 2.45) is 0 Å².